The molecule has 0 unspecified atom stereocenters. The second-order valence-electron chi connectivity index (χ2n) is 7.55. The van der Waals surface area contributed by atoms with Crippen LogP contribution in [0.25, 0.3) is 0 Å². The summed E-state index contributed by atoms with van der Waals surface area (Å²) in [5, 5.41) is 3.24. The smallest absolute Gasteiger partial charge is 0.254 e. The van der Waals surface area contributed by atoms with Gasteiger partial charge in [0, 0.05) is 43.6 Å². The van der Waals surface area contributed by atoms with Gasteiger partial charge in [-0.1, -0.05) is 18.2 Å². The van der Waals surface area contributed by atoms with Crippen molar-refractivity contribution in [3.8, 4) is 0 Å². The summed E-state index contributed by atoms with van der Waals surface area (Å²) < 4.78 is 0. The van der Waals surface area contributed by atoms with E-state index in [1.807, 2.05) is 42.3 Å². The van der Waals surface area contributed by atoms with E-state index in [0.717, 1.165) is 54.4 Å². The third-order valence-electron chi connectivity index (χ3n) is 5.61. The Hall–Kier alpha value is -2.47. The standard InChI is InChI=1S/C21H27N5O/c1-22-20-17-14-26(21(27)15-7-4-3-5-8-15)12-10-18(17)23-19(24-20)16-9-6-11-25(2)13-16/h3-5,7-8,16H,6,9-14H2,1-2H3,(H,22,23,24)/t16-/m1/s1. The number of piperidine rings is 1. The molecule has 2 aromatic rings. The average Bonchev–Trinajstić information content (AvgIpc) is 2.72. The predicted molar refractivity (Wildman–Crippen MR) is 106 cm³/mol. The molecule has 0 bridgehead atoms. The van der Waals surface area contributed by atoms with E-state index in [1.165, 1.54) is 6.42 Å². The van der Waals surface area contributed by atoms with Crippen molar-refractivity contribution in [1.29, 1.82) is 0 Å². The summed E-state index contributed by atoms with van der Waals surface area (Å²) in [5.41, 5.74) is 2.88. The first-order valence-electron chi connectivity index (χ1n) is 9.76. The van der Waals surface area contributed by atoms with E-state index in [1.54, 1.807) is 0 Å². The molecule has 6 heteroatoms. The van der Waals surface area contributed by atoms with E-state index in [0.29, 0.717) is 19.0 Å². The Balaban J connectivity index is 1.59. The van der Waals surface area contributed by atoms with E-state index in [-0.39, 0.29) is 5.91 Å². The summed E-state index contributed by atoms with van der Waals surface area (Å²) in [6, 6.07) is 9.48. The SMILES string of the molecule is CNc1nc([C@@H]2CCCN(C)C2)nc2c1CN(C(=O)c1ccccc1)CC2. The first kappa shape index (κ1) is 17.9. The van der Waals surface area contributed by atoms with Crippen molar-refractivity contribution in [2.45, 2.75) is 31.7 Å². The molecular formula is C21H27N5O. The Morgan fingerprint density at radius 2 is 2.00 bits per heavy atom. The van der Waals surface area contributed by atoms with Crippen LogP contribution in [0.2, 0.25) is 0 Å². The molecule has 0 spiro atoms. The lowest BCUT2D eigenvalue weighted by molar-refractivity contribution is 0.0733. The van der Waals surface area contributed by atoms with Gasteiger partial charge in [-0.05, 0) is 38.6 Å². The molecule has 2 aliphatic rings. The van der Waals surface area contributed by atoms with Gasteiger partial charge in [0.1, 0.15) is 11.6 Å². The van der Waals surface area contributed by atoms with Gasteiger partial charge < -0.3 is 15.1 Å². The van der Waals surface area contributed by atoms with Crippen molar-refractivity contribution in [3.63, 3.8) is 0 Å². The highest BCUT2D eigenvalue weighted by Gasteiger charge is 2.28. The fraction of sp³-hybridized carbons (Fsp3) is 0.476. The molecule has 1 saturated heterocycles. The minimum Gasteiger partial charge on any atom is -0.373 e. The van der Waals surface area contributed by atoms with Crippen LogP contribution < -0.4 is 5.32 Å². The van der Waals surface area contributed by atoms with E-state index in [2.05, 4.69) is 17.3 Å². The summed E-state index contributed by atoms with van der Waals surface area (Å²) in [7, 11) is 4.06. The maximum atomic E-state index is 12.8. The molecular weight excluding hydrogens is 338 g/mol. The number of likely N-dealkylation sites (N-methyl/N-ethyl adjacent to an activating group) is 1. The van der Waals surface area contributed by atoms with Gasteiger partial charge in [-0.3, -0.25) is 4.79 Å². The number of carbonyl (C=O) groups excluding carboxylic acids is 1. The van der Waals surface area contributed by atoms with Gasteiger partial charge >= 0.3 is 0 Å². The van der Waals surface area contributed by atoms with Crippen LogP contribution in [0.1, 0.15) is 46.2 Å². The number of hydrogen-bond donors (Lipinski definition) is 1. The summed E-state index contributed by atoms with van der Waals surface area (Å²) in [4.78, 5) is 26.8. The first-order chi connectivity index (χ1) is 13.2. The number of nitrogens with one attached hydrogen (secondary N) is 1. The average molecular weight is 365 g/mol. The fourth-order valence-corrected chi connectivity index (χ4v) is 4.14. The Bertz CT molecular complexity index is 806. The minimum absolute atomic E-state index is 0.0706. The van der Waals surface area contributed by atoms with Gasteiger partial charge in [0.25, 0.3) is 5.91 Å². The number of carbonyl (C=O) groups is 1. The van der Waals surface area contributed by atoms with Gasteiger partial charge in [0.2, 0.25) is 0 Å². The van der Waals surface area contributed by atoms with Gasteiger partial charge in [0.15, 0.2) is 0 Å². The molecule has 1 N–H and O–H groups in total. The molecule has 3 heterocycles. The number of amides is 1. The maximum absolute atomic E-state index is 12.8. The zero-order valence-electron chi connectivity index (χ0n) is 16.1. The number of benzene rings is 1. The molecule has 2 aliphatic heterocycles. The molecule has 1 aromatic heterocycles. The Morgan fingerprint density at radius 1 is 1.19 bits per heavy atom. The molecule has 0 aliphatic carbocycles. The van der Waals surface area contributed by atoms with Crippen LogP contribution in [0.5, 0.6) is 0 Å². The summed E-state index contributed by atoms with van der Waals surface area (Å²) >= 11 is 0. The summed E-state index contributed by atoms with van der Waals surface area (Å²) in [5.74, 6) is 2.28. The number of nitrogens with zero attached hydrogens (tertiary/aromatic N) is 4. The highest BCUT2D eigenvalue weighted by Crippen LogP contribution is 2.29. The van der Waals surface area contributed by atoms with Crippen LogP contribution in [0.4, 0.5) is 5.82 Å². The van der Waals surface area contributed by atoms with Crippen molar-refractivity contribution in [2.24, 2.45) is 0 Å². The lowest BCUT2D eigenvalue weighted by Gasteiger charge is -2.32. The molecule has 0 radical (unpaired) electrons. The Kier molecular flexibility index (Phi) is 5.07. The molecule has 1 fully saturated rings. The zero-order valence-corrected chi connectivity index (χ0v) is 16.1. The monoisotopic (exact) mass is 365 g/mol. The number of rotatable bonds is 3. The van der Waals surface area contributed by atoms with Gasteiger partial charge in [0.05, 0.1) is 12.2 Å². The van der Waals surface area contributed by atoms with Crippen molar-refractivity contribution in [1.82, 2.24) is 19.8 Å². The molecule has 27 heavy (non-hydrogen) atoms. The van der Waals surface area contributed by atoms with Crippen LogP contribution >= 0.6 is 0 Å². The highest BCUT2D eigenvalue weighted by molar-refractivity contribution is 5.94. The van der Waals surface area contributed by atoms with Crippen molar-refractivity contribution in [3.05, 3.63) is 53.0 Å². The molecule has 4 rings (SSSR count). The molecule has 1 atom stereocenters. The molecule has 0 saturated carbocycles. The quantitative estimate of drug-likeness (QED) is 0.906. The van der Waals surface area contributed by atoms with Crippen LogP contribution in [-0.2, 0) is 13.0 Å². The number of fused-ring (bicyclic) bond motifs is 1. The Morgan fingerprint density at radius 3 is 2.74 bits per heavy atom. The molecule has 6 nitrogen and oxygen atoms in total. The van der Waals surface area contributed by atoms with Crippen LogP contribution in [-0.4, -0.2) is 59.4 Å². The minimum atomic E-state index is 0.0706. The topological polar surface area (TPSA) is 61.4 Å². The largest absolute Gasteiger partial charge is 0.373 e. The van der Waals surface area contributed by atoms with Crippen molar-refractivity contribution >= 4 is 11.7 Å². The second kappa shape index (κ2) is 7.64. The van der Waals surface area contributed by atoms with E-state index >= 15 is 0 Å². The van der Waals surface area contributed by atoms with Crippen molar-refractivity contribution < 1.29 is 4.79 Å². The normalized spacial score (nSPS) is 20.2. The van der Waals surface area contributed by atoms with Gasteiger partial charge in [-0.2, -0.15) is 0 Å². The van der Waals surface area contributed by atoms with E-state index in [4.69, 9.17) is 9.97 Å². The third-order valence-corrected chi connectivity index (χ3v) is 5.61. The Labute approximate surface area is 160 Å². The highest BCUT2D eigenvalue weighted by atomic mass is 16.2. The molecule has 1 amide bonds. The fourth-order valence-electron chi connectivity index (χ4n) is 4.14. The maximum Gasteiger partial charge on any atom is 0.254 e. The number of aromatic nitrogens is 2. The second-order valence-corrected chi connectivity index (χ2v) is 7.55. The van der Waals surface area contributed by atoms with Crippen LogP contribution in [0.3, 0.4) is 0 Å². The summed E-state index contributed by atoms with van der Waals surface area (Å²) in [6.07, 6.45) is 3.11. The summed E-state index contributed by atoms with van der Waals surface area (Å²) in [6.45, 7) is 3.42. The van der Waals surface area contributed by atoms with Gasteiger partial charge in [-0.25, -0.2) is 9.97 Å². The predicted octanol–water partition coefficient (Wildman–Crippen LogP) is 2.53. The van der Waals surface area contributed by atoms with Crippen molar-refractivity contribution in [2.75, 3.05) is 39.0 Å². The van der Waals surface area contributed by atoms with E-state index < -0.39 is 0 Å². The number of likely N-dealkylation sites (tertiary alicyclic amines) is 1. The number of anilines is 1. The zero-order chi connectivity index (χ0) is 18.8. The number of hydrogen-bond acceptors (Lipinski definition) is 5. The van der Waals surface area contributed by atoms with E-state index in [9.17, 15) is 4.79 Å². The molecule has 142 valence electrons. The lowest BCUT2D eigenvalue weighted by atomic mass is 9.96. The van der Waals surface area contributed by atoms with Crippen LogP contribution in [0, 0.1) is 0 Å². The van der Waals surface area contributed by atoms with Crippen LogP contribution in [0.15, 0.2) is 30.3 Å². The first-order valence-corrected chi connectivity index (χ1v) is 9.76. The lowest BCUT2D eigenvalue weighted by Crippen LogP contribution is -2.37. The van der Waals surface area contributed by atoms with Gasteiger partial charge in [-0.15, -0.1) is 0 Å². The third kappa shape index (κ3) is 3.67. The molecule has 1 aromatic carbocycles.